The Balaban J connectivity index is 1.37. The summed E-state index contributed by atoms with van der Waals surface area (Å²) in [6.07, 6.45) is 4.38. The number of hydrogen-bond donors (Lipinski definition) is 2. The van der Waals surface area contributed by atoms with Crippen LogP contribution in [0, 0.1) is 5.82 Å². The van der Waals surface area contributed by atoms with Gasteiger partial charge >= 0.3 is 6.03 Å². The first-order valence-corrected chi connectivity index (χ1v) is 10.9. The maximum absolute atomic E-state index is 13.1. The van der Waals surface area contributed by atoms with Gasteiger partial charge in [0.1, 0.15) is 11.6 Å². The van der Waals surface area contributed by atoms with Crippen molar-refractivity contribution in [3.63, 3.8) is 0 Å². The number of amides is 3. The van der Waals surface area contributed by atoms with Crippen molar-refractivity contribution in [2.45, 2.75) is 57.2 Å². The van der Waals surface area contributed by atoms with E-state index in [2.05, 4.69) is 10.6 Å². The highest BCUT2D eigenvalue weighted by molar-refractivity contribution is 5.94. The molecule has 0 aromatic heterocycles. The van der Waals surface area contributed by atoms with Crippen molar-refractivity contribution in [2.75, 3.05) is 11.9 Å². The lowest BCUT2D eigenvalue weighted by molar-refractivity contribution is 0.0577. The first-order chi connectivity index (χ1) is 15.0. The molecule has 4 rings (SSSR count). The van der Waals surface area contributed by atoms with E-state index in [1.54, 1.807) is 36.4 Å². The van der Waals surface area contributed by atoms with E-state index in [0.29, 0.717) is 17.9 Å². The molecule has 2 fully saturated rings. The summed E-state index contributed by atoms with van der Waals surface area (Å²) in [5.41, 5.74) is 1.18. The summed E-state index contributed by atoms with van der Waals surface area (Å²) in [6.45, 7) is 2.51. The van der Waals surface area contributed by atoms with E-state index in [4.69, 9.17) is 4.74 Å². The Hall–Kier alpha value is -3.09. The molecule has 2 aromatic rings. The van der Waals surface area contributed by atoms with Gasteiger partial charge in [0.15, 0.2) is 0 Å². The quantitative estimate of drug-likeness (QED) is 0.737. The van der Waals surface area contributed by atoms with Crippen molar-refractivity contribution < 1.29 is 18.7 Å². The first kappa shape index (κ1) is 21.2. The summed E-state index contributed by atoms with van der Waals surface area (Å²) in [6, 6.07) is 13.0. The summed E-state index contributed by atoms with van der Waals surface area (Å²) < 4.78 is 18.6. The van der Waals surface area contributed by atoms with Crippen LogP contribution in [-0.4, -0.2) is 41.6 Å². The number of carbonyl (C=O) groups is 2. The zero-order valence-corrected chi connectivity index (χ0v) is 17.6. The second-order valence-electron chi connectivity index (χ2n) is 8.18. The Morgan fingerprint density at radius 2 is 1.68 bits per heavy atom. The number of hydrogen-bond acceptors (Lipinski definition) is 3. The van der Waals surface area contributed by atoms with Crippen LogP contribution in [0.1, 0.15) is 49.4 Å². The smallest absolute Gasteiger partial charge is 0.322 e. The fourth-order valence-corrected chi connectivity index (χ4v) is 4.69. The molecule has 6 nitrogen and oxygen atoms in total. The third-order valence-electron chi connectivity index (χ3n) is 6.07. The Morgan fingerprint density at radius 3 is 2.29 bits per heavy atom. The minimum Gasteiger partial charge on any atom is -0.494 e. The summed E-state index contributed by atoms with van der Waals surface area (Å²) in [5.74, 6) is 0.309. The van der Waals surface area contributed by atoms with E-state index >= 15 is 0 Å². The topological polar surface area (TPSA) is 70.7 Å². The number of anilines is 1. The number of carbonyl (C=O) groups excluding carboxylic acids is 2. The minimum atomic E-state index is -0.334. The van der Waals surface area contributed by atoms with Crippen LogP contribution in [0.5, 0.6) is 5.75 Å². The molecule has 2 aromatic carbocycles. The maximum Gasteiger partial charge on any atom is 0.322 e. The highest BCUT2D eigenvalue weighted by atomic mass is 19.1. The largest absolute Gasteiger partial charge is 0.494 e. The van der Waals surface area contributed by atoms with E-state index in [1.165, 1.54) is 12.1 Å². The normalized spacial score (nSPS) is 22.5. The number of ether oxygens (including phenoxy) is 1. The van der Waals surface area contributed by atoms with Crippen LogP contribution in [0.3, 0.4) is 0 Å². The maximum atomic E-state index is 13.1. The molecule has 2 aliphatic heterocycles. The number of urea groups is 1. The van der Waals surface area contributed by atoms with Gasteiger partial charge in [0.05, 0.1) is 6.61 Å². The molecule has 0 radical (unpaired) electrons. The Morgan fingerprint density at radius 1 is 1.03 bits per heavy atom. The monoisotopic (exact) mass is 425 g/mol. The number of piperidine rings is 2. The van der Waals surface area contributed by atoms with Crippen LogP contribution in [-0.2, 0) is 0 Å². The van der Waals surface area contributed by atoms with E-state index in [-0.39, 0.29) is 35.9 Å². The second-order valence-corrected chi connectivity index (χ2v) is 8.18. The highest BCUT2D eigenvalue weighted by Crippen LogP contribution is 2.34. The van der Waals surface area contributed by atoms with E-state index in [9.17, 15) is 14.0 Å². The van der Waals surface area contributed by atoms with Gasteiger partial charge in [-0.3, -0.25) is 4.79 Å². The predicted molar refractivity (Wildman–Crippen MR) is 117 cm³/mol. The van der Waals surface area contributed by atoms with Gasteiger partial charge in [0.2, 0.25) is 0 Å². The van der Waals surface area contributed by atoms with E-state index in [1.807, 2.05) is 11.8 Å². The van der Waals surface area contributed by atoms with E-state index in [0.717, 1.165) is 37.9 Å². The lowest BCUT2D eigenvalue weighted by Gasteiger charge is -2.48. The molecule has 3 amide bonds. The summed E-state index contributed by atoms with van der Waals surface area (Å²) in [7, 11) is 0. The molecule has 2 aliphatic rings. The third kappa shape index (κ3) is 4.98. The first-order valence-electron chi connectivity index (χ1n) is 10.9. The van der Waals surface area contributed by atoms with Gasteiger partial charge in [-0.05, 0) is 87.6 Å². The standard InChI is InChI=1S/C24H28FN3O3/c1-2-31-22-12-6-16(7-13-22)23(29)26-19-14-20-4-3-5-21(15-19)28(20)24(30)27-18-10-8-17(25)9-11-18/h6-13,19-21H,2-5,14-15H2,1H3,(H,26,29)(H,27,30)/t20-,21-/m1/s1. The average Bonchev–Trinajstić information content (AvgIpc) is 2.75. The second kappa shape index (κ2) is 9.37. The third-order valence-corrected chi connectivity index (χ3v) is 6.07. The molecule has 0 unspecified atom stereocenters. The fourth-order valence-electron chi connectivity index (χ4n) is 4.69. The van der Waals surface area contributed by atoms with Crippen LogP contribution in [0.15, 0.2) is 48.5 Å². The number of rotatable bonds is 5. The Bertz CT molecular complexity index is 903. The summed E-state index contributed by atoms with van der Waals surface area (Å²) >= 11 is 0. The average molecular weight is 426 g/mol. The van der Waals surface area contributed by atoms with Crippen molar-refractivity contribution in [3.05, 3.63) is 59.9 Å². The molecule has 2 heterocycles. The van der Waals surface area contributed by atoms with Crippen LogP contribution < -0.4 is 15.4 Å². The number of nitrogens with one attached hydrogen (secondary N) is 2. The minimum absolute atomic E-state index is 0.0317. The molecule has 0 aliphatic carbocycles. The van der Waals surface area contributed by atoms with Gasteiger partial charge in [0, 0.05) is 29.4 Å². The molecule has 2 atom stereocenters. The Kier molecular flexibility index (Phi) is 6.39. The van der Waals surface area contributed by atoms with Gasteiger partial charge in [-0.1, -0.05) is 0 Å². The van der Waals surface area contributed by atoms with Crippen LogP contribution >= 0.6 is 0 Å². The molecule has 2 saturated heterocycles. The van der Waals surface area contributed by atoms with Gasteiger partial charge in [0.25, 0.3) is 5.91 Å². The number of nitrogens with zero attached hydrogens (tertiary/aromatic N) is 1. The van der Waals surface area contributed by atoms with Crippen molar-refractivity contribution in [1.82, 2.24) is 10.2 Å². The molecule has 31 heavy (non-hydrogen) atoms. The lowest BCUT2D eigenvalue weighted by atomic mass is 9.82. The van der Waals surface area contributed by atoms with Crippen LogP contribution in [0.25, 0.3) is 0 Å². The van der Waals surface area contributed by atoms with Gasteiger partial charge in [-0.2, -0.15) is 0 Å². The number of fused-ring (bicyclic) bond motifs is 2. The molecule has 7 heteroatoms. The zero-order valence-electron chi connectivity index (χ0n) is 17.6. The lowest BCUT2D eigenvalue weighted by Crippen LogP contribution is -2.59. The Labute approximate surface area is 181 Å². The number of benzene rings is 2. The molecule has 2 bridgehead atoms. The van der Waals surface area contributed by atoms with Gasteiger partial charge < -0.3 is 20.3 Å². The van der Waals surface area contributed by atoms with Crippen molar-refractivity contribution in [1.29, 1.82) is 0 Å². The molecule has 164 valence electrons. The van der Waals surface area contributed by atoms with E-state index < -0.39 is 0 Å². The SMILES string of the molecule is CCOc1ccc(C(=O)NC2C[C@H]3CCC[C@H](C2)N3C(=O)Nc2ccc(F)cc2)cc1. The van der Waals surface area contributed by atoms with Crippen molar-refractivity contribution in [3.8, 4) is 5.75 Å². The fraction of sp³-hybridized carbons (Fsp3) is 0.417. The number of halogens is 1. The van der Waals surface area contributed by atoms with Crippen molar-refractivity contribution >= 4 is 17.6 Å². The summed E-state index contributed by atoms with van der Waals surface area (Å²) in [5, 5.41) is 6.04. The molecule has 0 spiro atoms. The summed E-state index contributed by atoms with van der Waals surface area (Å²) in [4.78, 5) is 27.6. The van der Waals surface area contributed by atoms with Crippen LogP contribution in [0.4, 0.5) is 14.9 Å². The highest BCUT2D eigenvalue weighted by Gasteiger charge is 2.41. The molecular weight excluding hydrogens is 397 g/mol. The zero-order chi connectivity index (χ0) is 21.8. The van der Waals surface area contributed by atoms with Crippen LogP contribution in [0.2, 0.25) is 0 Å². The van der Waals surface area contributed by atoms with Crippen molar-refractivity contribution in [2.24, 2.45) is 0 Å². The molecule has 2 N–H and O–H groups in total. The molecule has 0 saturated carbocycles. The predicted octanol–water partition coefficient (Wildman–Crippen LogP) is 4.57. The molecular formula is C24H28FN3O3. The van der Waals surface area contributed by atoms with Gasteiger partial charge in [-0.25, -0.2) is 9.18 Å². The van der Waals surface area contributed by atoms with Gasteiger partial charge in [-0.15, -0.1) is 0 Å².